The molecule has 40 heavy (non-hydrogen) atoms. The number of carbonyl (C=O) groups is 1. The highest BCUT2D eigenvalue weighted by Gasteiger charge is 2.27. The van der Waals surface area contributed by atoms with Crippen molar-refractivity contribution in [3.05, 3.63) is 124 Å². The number of nitrogens with one attached hydrogen (secondary N) is 1. The lowest BCUT2D eigenvalue weighted by Gasteiger charge is -2.24. The number of carbonyl (C=O) groups excluding carboxylic acids is 1. The highest BCUT2D eigenvalue weighted by Crippen LogP contribution is 2.28. The zero-order chi connectivity index (χ0) is 28.7. The molecule has 0 aliphatic carbocycles. The highest BCUT2D eigenvalue weighted by molar-refractivity contribution is 7.92. The van der Waals surface area contributed by atoms with Gasteiger partial charge in [0.25, 0.3) is 15.9 Å². The van der Waals surface area contributed by atoms with Gasteiger partial charge >= 0.3 is 0 Å². The maximum atomic E-state index is 13.5. The van der Waals surface area contributed by atoms with Crippen molar-refractivity contribution in [2.24, 2.45) is 5.10 Å². The van der Waals surface area contributed by atoms with Crippen molar-refractivity contribution >= 4 is 39.4 Å². The molecule has 1 amide bonds. The molecule has 0 saturated heterocycles. The molecule has 9 heteroatoms. The van der Waals surface area contributed by atoms with Crippen molar-refractivity contribution in [2.75, 3.05) is 10.8 Å². The van der Waals surface area contributed by atoms with E-state index in [4.69, 9.17) is 16.3 Å². The van der Waals surface area contributed by atoms with Crippen LogP contribution in [0.2, 0.25) is 5.02 Å². The van der Waals surface area contributed by atoms with Gasteiger partial charge in [0.1, 0.15) is 18.9 Å². The second-order valence-electron chi connectivity index (χ2n) is 9.39. The van der Waals surface area contributed by atoms with Gasteiger partial charge in [-0.3, -0.25) is 9.10 Å². The molecule has 0 bridgehead atoms. The summed E-state index contributed by atoms with van der Waals surface area (Å²) in [6.45, 7) is 5.69. The first-order chi connectivity index (χ1) is 19.1. The molecule has 4 rings (SSSR count). The molecule has 0 fully saturated rings. The topological polar surface area (TPSA) is 88.1 Å². The summed E-state index contributed by atoms with van der Waals surface area (Å²) in [6, 6.07) is 26.7. The van der Waals surface area contributed by atoms with E-state index in [0.717, 1.165) is 26.6 Å². The van der Waals surface area contributed by atoms with Crippen LogP contribution < -0.4 is 14.5 Å². The first kappa shape index (κ1) is 28.9. The Morgan fingerprint density at radius 2 is 1.52 bits per heavy atom. The Bertz CT molecular complexity index is 1600. The number of aryl methyl sites for hydroxylation is 3. The minimum atomic E-state index is -4.06. The minimum Gasteiger partial charge on any atom is -0.489 e. The second-order valence-corrected chi connectivity index (χ2v) is 11.7. The van der Waals surface area contributed by atoms with Crippen molar-refractivity contribution in [2.45, 2.75) is 32.3 Å². The Morgan fingerprint density at radius 3 is 2.15 bits per heavy atom. The van der Waals surface area contributed by atoms with E-state index in [0.29, 0.717) is 17.4 Å². The monoisotopic (exact) mass is 575 g/mol. The predicted octanol–water partition coefficient (Wildman–Crippen LogP) is 6.19. The Morgan fingerprint density at radius 1 is 0.900 bits per heavy atom. The molecule has 0 aliphatic rings. The fourth-order valence-corrected chi connectivity index (χ4v) is 5.32. The van der Waals surface area contributed by atoms with Crippen LogP contribution in [0.3, 0.4) is 0 Å². The van der Waals surface area contributed by atoms with Gasteiger partial charge in [-0.2, -0.15) is 5.10 Å². The third-order valence-corrected chi connectivity index (χ3v) is 8.34. The Labute approximate surface area is 240 Å². The van der Waals surface area contributed by atoms with E-state index in [9.17, 15) is 13.2 Å². The summed E-state index contributed by atoms with van der Waals surface area (Å²) < 4.78 is 33.9. The van der Waals surface area contributed by atoms with Gasteiger partial charge in [-0.05, 0) is 86.0 Å². The summed E-state index contributed by atoms with van der Waals surface area (Å²) in [5.74, 6) is 0.0946. The van der Waals surface area contributed by atoms with Crippen LogP contribution in [0.25, 0.3) is 0 Å². The lowest BCUT2D eigenvalue weighted by atomic mass is 10.2. The fourth-order valence-electron chi connectivity index (χ4n) is 3.74. The van der Waals surface area contributed by atoms with E-state index in [1.807, 2.05) is 69.3 Å². The van der Waals surface area contributed by atoms with Crippen molar-refractivity contribution in [1.29, 1.82) is 0 Å². The average molecular weight is 576 g/mol. The van der Waals surface area contributed by atoms with Gasteiger partial charge < -0.3 is 4.74 Å². The summed E-state index contributed by atoms with van der Waals surface area (Å²) in [4.78, 5) is 12.9. The number of halogens is 1. The SMILES string of the molecule is Cc1ccc(COc2ccc(/C=N\NC(=O)CN(c3ccc(C)c(Cl)c3)S(=O)(=O)c3ccc(C)cc3)cc2)cc1. The van der Waals surface area contributed by atoms with Gasteiger partial charge in [-0.1, -0.05) is 65.2 Å². The number of nitrogens with zero attached hydrogens (tertiary/aromatic N) is 2. The van der Waals surface area contributed by atoms with E-state index in [2.05, 4.69) is 10.5 Å². The lowest BCUT2D eigenvalue weighted by molar-refractivity contribution is -0.119. The number of benzene rings is 4. The van der Waals surface area contributed by atoms with Crippen molar-refractivity contribution in [1.82, 2.24) is 5.43 Å². The van der Waals surface area contributed by atoms with Crippen LogP contribution in [-0.2, 0) is 21.4 Å². The normalized spacial score (nSPS) is 11.4. The van der Waals surface area contributed by atoms with Gasteiger partial charge in [0.2, 0.25) is 0 Å². The third kappa shape index (κ3) is 7.49. The molecule has 0 radical (unpaired) electrons. The summed E-state index contributed by atoms with van der Waals surface area (Å²) in [5.41, 5.74) is 7.40. The predicted molar refractivity (Wildman–Crippen MR) is 160 cm³/mol. The molecule has 0 saturated carbocycles. The number of ether oxygens (including phenoxy) is 1. The van der Waals surface area contributed by atoms with E-state index >= 15 is 0 Å². The minimum absolute atomic E-state index is 0.0655. The van der Waals surface area contributed by atoms with Crippen molar-refractivity contribution in [3.8, 4) is 5.75 Å². The first-order valence-corrected chi connectivity index (χ1v) is 14.4. The number of sulfonamides is 1. The van der Waals surface area contributed by atoms with Crippen LogP contribution in [0, 0.1) is 20.8 Å². The zero-order valence-corrected chi connectivity index (χ0v) is 24.0. The molecular weight excluding hydrogens is 546 g/mol. The Balaban J connectivity index is 1.42. The molecule has 1 N–H and O–H groups in total. The Hall–Kier alpha value is -4.14. The molecule has 4 aromatic rings. The average Bonchev–Trinajstić information content (AvgIpc) is 2.94. The quantitative estimate of drug-likeness (QED) is 0.180. The van der Waals surface area contributed by atoms with Crippen LogP contribution in [-0.4, -0.2) is 27.1 Å². The number of amides is 1. The highest BCUT2D eigenvalue weighted by atomic mass is 35.5. The van der Waals surface area contributed by atoms with Crippen LogP contribution in [0.15, 0.2) is 101 Å². The molecule has 7 nitrogen and oxygen atoms in total. The number of hydrazone groups is 1. The maximum absolute atomic E-state index is 13.5. The van der Waals surface area contributed by atoms with E-state index in [1.165, 1.54) is 30.0 Å². The first-order valence-electron chi connectivity index (χ1n) is 12.6. The van der Waals surface area contributed by atoms with E-state index < -0.39 is 22.5 Å². The number of rotatable bonds is 10. The van der Waals surface area contributed by atoms with Crippen LogP contribution in [0.1, 0.15) is 27.8 Å². The lowest BCUT2D eigenvalue weighted by Crippen LogP contribution is -2.39. The van der Waals surface area contributed by atoms with Crippen LogP contribution in [0.5, 0.6) is 5.75 Å². The molecule has 0 unspecified atom stereocenters. The molecule has 0 aliphatic heterocycles. The molecule has 206 valence electrons. The third-order valence-electron chi connectivity index (χ3n) is 6.15. The van der Waals surface area contributed by atoms with Gasteiger partial charge in [-0.25, -0.2) is 13.8 Å². The van der Waals surface area contributed by atoms with E-state index in [-0.39, 0.29) is 10.6 Å². The fraction of sp³-hybridized carbons (Fsp3) is 0.161. The smallest absolute Gasteiger partial charge is 0.264 e. The maximum Gasteiger partial charge on any atom is 0.264 e. The van der Waals surface area contributed by atoms with Crippen LogP contribution >= 0.6 is 11.6 Å². The molecule has 0 heterocycles. The zero-order valence-electron chi connectivity index (χ0n) is 22.5. The summed E-state index contributed by atoms with van der Waals surface area (Å²) >= 11 is 6.28. The molecule has 0 atom stereocenters. The molecule has 0 aromatic heterocycles. The van der Waals surface area contributed by atoms with Crippen molar-refractivity contribution in [3.63, 3.8) is 0 Å². The van der Waals surface area contributed by atoms with Crippen molar-refractivity contribution < 1.29 is 17.9 Å². The molecular formula is C31H30ClN3O4S. The standard InChI is InChI=1S/C31H30ClN3O4S/c1-22-4-9-26(10-5-22)21-39-28-14-11-25(12-15-28)19-33-34-31(36)20-35(27-13-8-24(3)30(32)18-27)40(37,38)29-16-6-23(2)7-17-29/h4-19H,20-21H2,1-3H3,(H,34,36)/b33-19-. The largest absolute Gasteiger partial charge is 0.489 e. The van der Waals surface area contributed by atoms with Gasteiger partial charge in [0.15, 0.2) is 0 Å². The number of hydrogen-bond acceptors (Lipinski definition) is 5. The second kappa shape index (κ2) is 12.8. The Kier molecular flexibility index (Phi) is 9.24. The summed E-state index contributed by atoms with van der Waals surface area (Å²) in [7, 11) is -4.06. The van der Waals surface area contributed by atoms with Crippen LogP contribution in [0.4, 0.5) is 5.69 Å². The number of hydrogen-bond donors (Lipinski definition) is 1. The molecule has 4 aromatic carbocycles. The summed E-state index contributed by atoms with van der Waals surface area (Å²) in [6.07, 6.45) is 1.48. The number of anilines is 1. The van der Waals surface area contributed by atoms with Gasteiger partial charge in [0.05, 0.1) is 16.8 Å². The van der Waals surface area contributed by atoms with E-state index in [1.54, 1.807) is 24.3 Å². The van der Waals surface area contributed by atoms with Gasteiger partial charge in [-0.15, -0.1) is 0 Å². The summed E-state index contributed by atoms with van der Waals surface area (Å²) in [5, 5.41) is 4.40. The molecule has 0 spiro atoms. The van der Waals surface area contributed by atoms with Gasteiger partial charge in [0, 0.05) is 5.02 Å².